The molecule has 1 heterocycles. The van der Waals surface area contributed by atoms with Crippen molar-refractivity contribution < 1.29 is 14.3 Å². The van der Waals surface area contributed by atoms with Crippen molar-refractivity contribution in [3.63, 3.8) is 0 Å². The van der Waals surface area contributed by atoms with Gasteiger partial charge in [-0.25, -0.2) is 0 Å². The van der Waals surface area contributed by atoms with E-state index in [4.69, 9.17) is 4.74 Å². The van der Waals surface area contributed by atoms with Gasteiger partial charge in [0.2, 0.25) is 11.8 Å². The van der Waals surface area contributed by atoms with E-state index in [9.17, 15) is 9.59 Å². The Bertz CT molecular complexity index is 627. The lowest BCUT2D eigenvalue weighted by Crippen LogP contribution is -2.45. The summed E-state index contributed by atoms with van der Waals surface area (Å²) in [5.74, 6) is 1.12. The molecule has 6 heteroatoms. The second kappa shape index (κ2) is 8.23. The molecule has 0 spiro atoms. The zero-order chi connectivity index (χ0) is 18.6. The number of carbonyl (C=O) groups is 2. The molecule has 2 amide bonds. The number of benzene rings is 1. The minimum Gasteiger partial charge on any atom is -0.377 e. The first-order valence-electron chi connectivity index (χ1n) is 8.52. The fraction of sp³-hybridized carbons (Fsp3) is 0.579. The second-order valence-electron chi connectivity index (χ2n) is 7.61. The Morgan fingerprint density at radius 2 is 2.12 bits per heavy atom. The molecule has 1 aromatic carbocycles. The molecule has 1 aliphatic heterocycles. The van der Waals surface area contributed by atoms with Crippen LogP contribution < -0.4 is 5.32 Å². The number of methoxy groups -OCH3 is 1. The Kier molecular flexibility index (Phi) is 6.52. The van der Waals surface area contributed by atoms with Gasteiger partial charge in [0, 0.05) is 25.0 Å². The summed E-state index contributed by atoms with van der Waals surface area (Å²) in [6.45, 7) is 8.06. The van der Waals surface area contributed by atoms with Crippen molar-refractivity contribution in [3.05, 3.63) is 29.8 Å². The van der Waals surface area contributed by atoms with Crippen LogP contribution in [-0.4, -0.2) is 41.5 Å². The summed E-state index contributed by atoms with van der Waals surface area (Å²) >= 11 is 1.62. The van der Waals surface area contributed by atoms with Crippen LogP contribution in [0, 0.1) is 5.41 Å². The van der Waals surface area contributed by atoms with Gasteiger partial charge in [0.1, 0.15) is 6.04 Å². The molecule has 25 heavy (non-hydrogen) atoms. The summed E-state index contributed by atoms with van der Waals surface area (Å²) in [5, 5.41) is 2.95. The van der Waals surface area contributed by atoms with E-state index in [1.165, 1.54) is 0 Å². The first-order chi connectivity index (χ1) is 11.7. The van der Waals surface area contributed by atoms with Gasteiger partial charge in [-0.15, -0.1) is 11.8 Å². The van der Waals surface area contributed by atoms with E-state index in [-0.39, 0.29) is 23.3 Å². The first-order valence-corrected chi connectivity index (χ1v) is 9.67. The summed E-state index contributed by atoms with van der Waals surface area (Å²) in [7, 11) is 1.66. The molecule has 0 aliphatic carbocycles. The van der Waals surface area contributed by atoms with Crippen LogP contribution in [0.4, 0.5) is 5.69 Å². The summed E-state index contributed by atoms with van der Waals surface area (Å²) in [5.41, 5.74) is 1.64. The smallest absolute Gasteiger partial charge is 0.248 e. The molecule has 5 nitrogen and oxygen atoms in total. The molecule has 1 saturated heterocycles. The van der Waals surface area contributed by atoms with Crippen molar-refractivity contribution in [2.45, 2.75) is 46.3 Å². The number of anilines is 1. The van der Waals surface area contributed by atoms with Gasteiger partial charge in [0.25, 0.3) is 0 Å². The quantitative estimate of drug-likeness (QED) is 0.866. The van der Waals surface area contributed by atoms with Crippen LogP contribution in [0.15, 0.2) is 24.3 Å². The van der Waals surface area contributed by atoms with Crippen LogP contribution in [0.2, 0.25) is 0 Å². The van der Waals surface area contributed by atoms with E-state index >= 15 is 0 Å². The number of amides is 2. The lowest BCUT2D eigenvalue weighted by molar-refractivity contribution is -0.137. The molecule has 0 aromatic heterocycles. The number of hydrogen-bond donors (Lipinski definition) is 1. The van der Waals surface area contributed by atoms with Crippen molar-refractivity contribution in [1.82, 2.24) is 4.90 Å². The van der Waals surface area contributed by atoms with Crippen LogP contribution in [-0.2, 0) is 14.3 Å². The summed E-state index contributed by atoms with van der Waals surface area (Å²) in [6.07, 6.45) is 0.404. The molecule has 0 saturated carbocycles. The van der Waals surface area contributed by atoms with E-state index in [0.717, 1.165) is 11.3 Å². The third-order valence-electron chi connectivity index (χ3n) is 4.16. The average molecular weight is 365 g/mol. The minimum atomic E-state index is -0.414. The van der Waals surface area contributed by atoms with Crippen LogP contribution in [0.3, 0.4) is 0 Å². The maximum Gasteiger partial charge on any atom is 0.248 e. The second-order valence-corrected chi connectivity index (χ2v) is 8.61. The predicted molar refractivity (Wildman–Crippen MR) is 103 cm³/mol. The molecule has 2 rings (SSSR count). The van der Waals surface area contributed by atoms with Gasteiger partial charge in [-0.1, -0.05) is 32.9 Å². The Labute approximate surface area is 154 Å². The fourth-order valence-electron chi connectivity index (χ4n) is 2.69. The molecule has 1 aromatic rings. The van der Waals surface area contributed by atoms with Gasteiger partial charge in [0.15, 0.2) is 0 Å². The molecular weight excluding hydrogens is 336 g/mol. The number of rotatable bonds is 5. The van der Waals surface area contributed by atoms with E-state index in [0.29, 0.717) is 18.1 Å². The molecular formula is C19H28N2O3S. The number of thioether (sulfide) groups is 1. The third-order valence-corrected chi connectivity index (χ3v) is 5.18. The standard InChI is InChI=1S/C19H28N2O3S/c1-13(24-5)14-7-6-8-15(9-14)20-18(23)16-11-25-12-21(16)17(22)10-19(2,3)4/h6-9,13,16H,10-12H2,1-5H3,(H,20,23). The monoisotopic (exact) mass is 364 g/mol. The van der Waals surface area contributed by atoms with Gasteiger partial charge in [-0.05, 0) is 30.0 Å². The molecule has 1 fully saturated rings. The molecule has 2 atom stereocenters. The highest BCUT2D eigenvalue weighted by atomic mass is 32.2. The fourth-order valence-corrected chi connectivity index (χ4v) is 3.87. The Hall–Kier alpha value is -1.53. The van der Waals surface area contributed by atoms with Gasteiger partial charge in [-0.2, -0.15) is 0 Å². The molecule has 2 unspecified atom stereocenters. The molecule has 1 aliphatic rings. The number of ether oxygens (including phenoxy) is 1. The highest BCUT2D eigenvalue weighted by Crippen LogP contribution is 2.27. The maximum atomic E-state index is 12.7. The lowest BCUT2D eigenvalue weighted by Gasteiger charge is -2.27. The largest absolute Gasteiger partial charge is 0.377 e. The van der Waals surface area contributed by atoms with Gasteiger partial charge in [0.05, 0.1) is 12.0 Å². The van der Waals surface area contributed by atoms with Crippen LogP contribution >= 0.6 is 11.8 Å². The number of nitrogens with one attached hydrogen (secondary N) is 1. The van der Waals surface area contributed by atoms with Crippen molar-refractivity contribution >= 4 is 29.3 Å². The van der Waals surface area contributed by atoms with Crippen molar-refractivity contribution in [1.29, 1.82) is 0 Å². The topological polar surface area (TPSA) is 58.6 Å². The summed E-state index contributed by atoms with van der Waals surface area (Å²) < 4.78 is 5.32. The van der Waals surface area contributed by atoms with Crippen molar-refractivity contribution in [2.75, 3.05) is 24.1 Å². The Morgan fingerprint density at radius 1 is 1.40 bits per heavy atom. The number of hydrogen-bond acceptors (Lipinski definition) is 4. The first kappa shape index (κ1) is 19.8. The molecule has 0 bridgehead atoms. The van der Waals surface area contributed by atoms with Crippen LogP contribution in [0.1, 0.15) is 45.8 Å². The van der Waals surface area contributed by atoms with Crippen molar-refractivity contribution in [2.24, 2.45) is 5.41 Å². The number of nitrogens with zero attached hydrogens (tertiary/aromatic N) is 1. The maximum absolute atomic E-state index is 12.7. The predicted octanol–water partition coefficient (Wildman–Crippen LogP) is 3.67. The molecule has 138 valence electrons. The van der Waals surface area contributed by atoms with Gasteiger partial charge >= 0.3 is 0 Å². The van der Waals surface area contributed by atoms with Crippen molar-refractivity contribution in [3.8, 4) is 0 Å². The lowest BCUT2D eigenvalue weighted by atomic mass is 9.91. The highest BCUT2D eigenvalue weighted by molar-refractivity contribution is 7.99. The Balaban J connectivity index is 2.06. The number of carbonyl (C=O) groups excluding carboxylic acids is 2. The zero-order valence-electron chi connectivity index (χ0n) is 15.7. The summed E-state index contributed by atoms with van der Waals surface area (Å²) in [6, 6.07) is 7.21. The van der Waals surface area contributed by atoms with E-state index in [2.05, 4.69) is 5.32 Å². The molecule has 0 radical (unpaired) electrons. The Morgan fingerprint density at radius 3 is 2.76 bits per heavy atom. The van der Waals surface area contributed by atoms with E-state index in [1.807, 2.05) is 52.0 Å². The van der Waals surface area contributed by atoms with E-state index < -0.39 is 6.04 Å². The normalized spacial score (nSPS) is 18.9. The highest BCUT2D eigenvalue weighted by Gasteiger charge is 2.35. The average Bonchev–Trinajstić information content (AvgIpc) is 3.02. The zero-order valence-corrected chi connectivity index (χ0v) is 16.5. The van der Waals surface area contributed by atoms with E-state index in [1.54, 1.807) is 23.8 Å². The minimum absolute atomic E-state index is 0.0382. The van der Waals surface area contributed by atoms with Gasteiger partial charge < -0.3 is 15.0 Å². The third kappa shape index (κ3) is 5.47. The van der Waals surface area contributed by atoms with Gasteiger partial charge in [-0.3, -0.25) is 9.59 Å². The van der Waals surface area contributed by atoms with Crippen LogP contribution in [0.25, 0.3) is 0 Å². The molecule has 1 N–H and O–H groups in total. The van der Waals surface area contributed by atoms with Crippen LogP contribution in [0.5, 0.6) is 0 Å². The summed E-state index contributed by atoms with van der Waals surface area (Å²) in [4.78, 5) is 26.9. The SMILES string of the molecule is COC(C)c1cccc(NC(=O)C2CSCN2C(=O)CC(C)(C)C)c1.